The molecule has 0 aliphatic rings. The van der Waals surface area contributed by atoms with E-state index in [9.17, 15) is 14.4 Å². The Morgan fingerprint density at radius 2 is 0.591 bits per heavy atom. The lowest BCUT2D eigenvalue weighted by Gasteiger charge is -2.18. The molecular formula is C60H108O6. The number of carbonyl (C=O) groups excluding carboxylic acids is 3. The molecule has 0 radical (unpaired) electrons. The van der Waals surface area contributed by atoms with E-state index in [4.69, 9.17) is 14.2 Å². The molecule has 0 bridgehead atoms. The average Bonchev–Trinajstić information content (AvgIpc) is 3.31. The first kappa shape index (κ1) is 63.4. The summed E-state index contributed by atoms with van der Waals surface area (Å²) < 4.78 is 16.9. The van der Waals surface area contributed by atoms with Gasteiger partial charge in [0.05, 0.1) is 0 Å². The zero-order valence-corrected chi connectivity index (χ0v) is 44.0. The SMILES string of the molecule is CC/C=C\C/C=C\C/C=C\CCCCCCCC(=O)OC(COC(=O)CCCCCCCCCCC/C=C\CCCCCCCC)COC(=O)CCCCCCCCCCCCCCCC. The molecule has 0 aromatic heterocycles. The fraction of sp³-hybridized carbons (Fsp3) is 0.817. The molecule has 0 aromatic rings. The molecule has 0 fully saturated rings. The Balaban J connectivity index is 4.35. The van der Waals surface area contributed by atoms with Crippen molar-refractivity contribution in [3.63, 3.8) is 0 Å². The van der Waals surface area contributed by atoms with E-state index in [2.05, 4.69) is 69.4 Å². The van der Waals surface area contributed by atoms with Crippen molar-refractivity contribution in [1.82, 2.24) is 0 Å². The smallest absolute Gasteiger partial charge is 0.306 e. The molecule has 384 valence electrons. The monoisotopic (exact) mass is 925 g/mol. The molecule has 66 heavy (non-hydrogen) atoms. The molecule has 0 N–H and O–H groups in total. The second kappa shape index (κ2) is 55.0. The van der Waals surface area contributed by atoms with E-state index in [-0.39, 0.29) is 31.1 Å². The van der Waals surface area contributed by atoms with Gasteiger partial charge in [0.25, 0.3) is 0 Å². The fourth-order valence-corrected chi connectivity index (χ4v) is 8.28. The minimum Gasteiger partial charge on any atom is -0.462 e. The number of rotatable bonds is 52. The highest BCUT2D eigenvalue weighted by Crippen LogP contribution is 2.16. The van der Waals surface area contributed by atoms with Crippen LogP contribution in [0.3, 0.4) is 0 Å². The molecule has 0 spiro atoms. The van der Waals surface area contributed by atoms with Gasteiger partial charge in [-0.2, -0.15) is 0 Å². The van der Waals surface area contributed by atoms with Gasteiger partial charge in [-0.25, -0.2) is 0 Å². The zero-order chi connectivity index (χ0) is 47.9. The Kier molecular flexibility index (Phi) is 52.8. The summed E-state index contributed by atoms with van der Waals surface area (Å²) in [4.78, 5) is 38.1. The molecule has 1 unspecified atom stereocenters. The first-order valence-corrected chi connectivity index (χ1v) is 28.6. The van der Waals surface area contributed by atoms with Gasteiger partial charge in [0.2, 0.25) is 0 Å². The van der Waals surface area contributed by atoms with Gasteiger partial charge in [-0.05, 0) is 77.0 Å². The molecule has 0 aliphatic heterocycles. The van der Waals surface area contributed by atoms with Crippen molar-refractivity contribution < 1.29 is 28.6 Å². The lowest BCUT2D eigenvalue weighted by Crippen LogP contribution is -2.30. The van der Waals surface area contributed by atoms with Gasteiger partial charge in [0, 0.05) is 19.3 Å². The van der Waals surface area contributed by atoms with Crippen LogP contribution in [0.15, 0.2) is 48.6 Å². The van der Waals surface area contributed by atoms with Gasteiger partial charge in [-0.3, -0.25) is 14.4 Å². The van der Waals surface area contributed by atoms with E-state index in [0.717, 1.165) is 96.3 Å². The van der Waals surface area contributed by atoms with Crippen LogP contribution in [0, 0.1) is 0 Å². The van der Waals surface area contributed by atoms with Gasteiger partial charge in [-0.15, -0.1) is 0 Å². The van der Waals surface area contributed by atoms with Crippen molar-refractivity contribution in [3.8, 4) is 0 Å². The molecule has 6 nitrogen and oxygen atoms in total. The normalized spacial score (nSPS) is 12.3. The number of allylic oxidation sites excluding steroid dienone is 8. The quantitative estimate of drug-likeness (QED) is 0.0262. The first-order chi connectivity index (χ1) is 32.5. The van der Waals surface area contributed by atoms with E-state index >= 15 is 0 Å². The molecule has 0 aliphatic carbocycles. The van der Waals surface area contributed by atoms with E-state index in [1.165, 1.54) is 161 Å². The molecule has 0 saturated heterocycles. The third-order valence-corrected chi connectivity index (χ3v) is 12.6. The van der Waals surface area contributed by atoms with Gasteiger partial charge in [-0.1, -0.05) is 249 Å². The van der Waals surface area contributed by atoms with E-state index in [1.54, 1.807) is 0 Å². The molecule has 1 atom stereocenters. The summed E-state index contributed by atoms with van der Waals surface area (Å²) >= 11 is 0. The van der Waals surface area contributed by atoms with E-state index in [1.807, 2.05) is 0 Å². The van der Waals surface area contributed by atoms with Crippen LogP contribution in [-0.2, 0) is 28.6 Å². The number of carbonyl (C=O) groups is 3. The van der Waals surface area contributed by atoms with Crippen molar-refractivity contribution in [2.24, 2.45) is 0 Å². The number of hydrogen-bond acceptors (Lipinski definition) is 6. The summed E-state index contributed by atoms with van der Waals surface area (Å²) in [5.74, 6) is -0.883. The van der Waals surface area contributed by atoms with Crippen molar-refractivity contribution in [1.29, 1.82) is 0 Å². The number of esters is 3. The Morgan fingerprint density at radius 3 is 0.939 bits per heavy atom. The molecule has 0 aromatic carbocycles. The second-order valence-corrected chi connectivity index (χ2v) is 19.2. The van der Waals surface area contributed by atoms with Gasteiger partial charge >= 0.3 is 17.9 Å². The Bertz CT molecular complexity index is 1150. The third kappa shape index (κ3) is 52.3. The fourth-order valence-electron chi connectivity index (χ4n) is 8.28. The highest BCUT2D eigenvalue weighted by atomic mass is 16.6. The third-order valence-electron chi connectivity index (χ3n) is 12.6. The van der Waals surface area contributed by atoms with E-state index in [0.29, 0.717) is 19.3 Å². The summed E-state index contributed by atoms with van der Waals surface area (Å²) in [6.45, 7) is 6.54. The molecule has 0 saturated carbocycles. The molecule has 0 heterocycles. The maximum absolute atomic E-state index is 12.8. The van der Waals surface area contributed by atoms with Crippen molar-refractivity contribution in [2.75, 3.05) is 13.2 Å². The molecule has 0 rings (SSSR count). The summed E-state index contributed by atoms with van der Waals surface area (Å²) in [6, 6.07) is 0. The average molecular weight is 926 g/mol. The number of ether oxygens (including phenoxy) is 3. The van der Waals surface area contributed by atoms with Crippen LogP contribution in [-0.4, -0.2) is 37.2 Å². The maximum atomic E-state index is 12.8. The number of unbranched alkanes of at least 4 members (excludes halogenated alkanes) is 33. The summed E-state index contributed by atoms with van der Waals surface area (Å²) in [7, 11) is 0. The van der Waals surface area contributed by atoms with Crippen molar-refractivity contribution >= 4 is 17.9 Å². The lowest BCUT2D eigenvalue weighted by molar-refractivity contribution is -0.167. The topological polar surface area (TPSA) is 78.9 Å². The van der Waals surface area contributed by atoms with Crippen LogP contribution < -0.4 is 0 Å². The van der Waals surface area contributed by atoms with Crippen LogP contribution in [0.2, 0.25) is 0 Å². The van der Waals surface area contributed by atoms with Gasteiger partial charge < -0.3 is 14.2 Å². The molecule has 6 heteroatoms. The van der Waals surface area contributed by atoms with Crippen LogP contribution in [0.5, 0.6) is 0 Å². The summed E-state index contributed by atoms with van der Waals surface area (Å²) in [6.07, 6.45) is 66.7. The van der Waals surface area contributed by atoms with Crippen molar-refractivity contribution in [3.05, 3.63) is 48.6 Å². The Morgan fingerprint density at radius 1 is 0.318 bits per heavy atom. The largest absolute Gasteiger partial charge is 0.462 e. The minimum atomic E-state index is -0.780. The van der Waals surface area contributed by atoms with Gasteiger partial charge in [0.1, 0.15) is 13.2 Å². The predicted molar refractivity (Wildman–Crippen MR) is 284 cm³/mol. The Hall–Kier alpha value is -2.63. The number of hydrogen-bond donors (Lipinski definition) is 0. The maximum Gasteiger partial charge on any atom is 0.306 e. The van der Waals surface area contributed by atoms with Gasteiger partial charge in [0.15, 0.2) is 6.10 Å². The van der Waals surface area contributed by atoms with Crippen LogP contribution in [0.1, 0.15) is 297 Å². The highest BCUT2D eigenvalue weighted by molar-refractivity contribution is 5.71. The van der Waals surface area contributed by atoms with Crippen LogP contribution in [0.25, 0.3) is 0 Å². The summed E-state index contributed by atoms with van der Waals surface area (Å²) in [5.41, 5.74) is 0. The second-order valence-electron chi connectivity index (χ2n) is 19.2. The molecular weight excluding hydrogens is 817 g/mol. The standard InChI is InChI=1S/C60H108O6/c1-4-7-10-13-16-19-22-25-28-29-30-31-33-35-38-41-44-47-50-53-59(62)65-56-57(55-64-58(61)52-49-46-43-40-37-34-27-24-21-18-15-12-9-6-3)66-60(63)54-51-48-45-42-39-36-32-26-23-20-17-14-11-8-5-2/h8,11,17,20,25-26,28,32,57H,4-7,9-10,12-16,18-19,21-24,27,29-31,33-56H2,1-3H3/b11-8-,20-17-,28-25-,32-26-. The first-order valence-electron chi connectivity index (χ1n) is 28.6. The zero-order valence-electron chi connectivity index (χ0n) is 44.0. The van der Waals surface area contributed by atoms with Crippen LogP contribution >= 0.6 is 0 Å². The summed E-state index contributed by atoms with van der Waals surface area (Å²) in [5, 5.41) is 0. The van der Waals surface area contributed by atoms with E-state index < -0.39 is 6.10 Å². The molecule has 0 amide bonds. The Labute approximate surface area is 409 Å². The minimum absolute atomic E-state index is 0.0778. The lowest BCUT2D eigenvalue weighted by atomic mass is 10.0. The highest BCUT2D eigenvalue weighted by Gasteiger charge is 2.19. The van der Waals surface area contributed by atoms with Crippen LogP contribution in [0.4, 0.5) is 0 Å². The van der Waals surface area contributed by atoms with Crippen molar-refractivity contribution in [2.45, 2.75) is 303 Å². The predicted octanol–water partition coefficient (Wildman–Crippen LogP) is 19.0.